The van der Waals surface area contributed by atoms with E-state index in [1.54, 1.807) is 0 Å². The van der Waals surface area contributed by atoms with E-state index in [9.17, 15) is 0 Å². The predicted molar refractivity (Wildman–Crippen MR) is 106 cm³/mol. The molecule has 0 aromatic heterocycles. The SMILES string of the molecule is C=COCCOCCOCCOc1ccc(-c2ccc(OCC)cc2)cc1. The summed E-state index contributed by atoms with van der Waals surface area (Å²) in [5, 5.41) is 0. The molecule has 0 saturated carbocycles. The van der Waals surface area contributed by atoms with Gasteiger partial charge < -0.3 is 23.7 Å². The molecule has 0 radical (unpaired) electrons. The van der Waals surface area contributed by atoms with E-state index in [0.717, 1.165) is 22.6 Å². The Balaban J connectivity index is 1.62. The van der Waals surface area contributed by atoms with E-state index in [1.807, 2.05) is 43.3 Å². The van der Waals surface area contributed by atoms with Gasteiger partial charge in [0.15, 0.2) is 0 Å². The molecule has 0 saturated heterocycles. The normalized spacial score (nSPS) is 10.4. The summed E-state index contributed by atoms with van der Waals surface area (Å²) in [4.78, 5) is 0. The molecule has 0 unspecified atom stereocenters. The van der Waals surface area contributed by atoms with Crippen molar-refractivity contribution >= 4 is 0 Å². The second kappa shape index (κ2) is 12.8. The second-order valence-electron chi connectivity index (χ2n) is 5.59. The highest BCUT2D eigenvalue weighted by molar-refractivity contribution is 5.64. The number of benzene rings is 2. The molecular weight excluding hydrogens is 344 g/mol. The summed E-state index contributed by atoms with van der Waals surface area (Å²) < 4.78 is 26.9. The van der Waals surface area contributed by atoms with E-state index in [1.165, 1.54) is 6.26 Å². The highest BCUT2D eigenvalue weighted by atomic mass is 16.6. The van der Waals surface area contributed by atoms with Crippen molar-refractivity contribution in [3.63, 3.8) is 0 Å². The summed E-state index contributed by atoms with van der Waals surface area (Å²) in [5.74, 6) is 1.71. The van der Waals surface area contributed by atoms with E-state index in [0.29, 0.717) is 46.2 Å². The van der Waals surface area contributed by atoms with E-state index in [-0.39, 0.29) is 0 Å². The van der Waals surface area contributed by atoms with Crippen molar-refractivity contribution in [2.24, 2.45) is 0 Å². The van der Waals surface area contributed by atoms with Crippen LogP contribution in [0.1, 0.15) is 6.92 Å². The Bertz CT molecular complexity index is 637. The van der Waals surface area contributed by atoms with E-state index < -0.39 is 0 Å². The summed E-state index contributed by atoms with van der Waals surface area (Å²) in [7, 11) is 0. The van der Waals surface area contributed by atoms with Gasteiger partial charge in [-0.2, -0.15) is 0 Å². The Labute approximate surface area is 161 Å². The van der Waals surface area contributed by atoms with Gasteiger partial charge in [-0.3, -0.25) is 0 Å². The van der Waals surface area contributed by atoms with Gasteiger partial charge in [0.1, 0.15) is 24.7 Å². The molecule has 0 spiro atoms. The molecule has 2 rings (SSSR count). The lowest BCUT2D eigenvalue weighted by Gasteiger charge is -2.09. The lowest BCUT2D eigenvalue weighted by Crippen LogP contribution is -2.12. The van der Waals surface area contributed by atoms with E-state index >= 15 is 0 Å². The number of ether oxygens (including phenoxy) is 5. The minimum absolute atomic E-state index is 0.502. The van der Waals surface area contributed by atoms with Crippen molar-refractivity contribution in [1.29, 1.82) is 0 Å². The van der Waals surface area contributed by atoms with Crippen molar-refractivity contribution in [3.05, 3.63) is 61.4 Å². The van der Waals surface area contributed by atoms with Crippen LogP contribution in [0, 0.1) is 0 Å². The van der Waals surface area contributed by atoms with Gasteiger partial charge in [-0.05, 0) is 42.3 Å². The molecule has 0 amide bonds. The van der Waals surface area contributed by atoms with Crippen molar-refractivity contribution in [3.8, 4) is 22.6 Å². The van der Waals surface area contributed by atoms with Gasteiger partial charge in [-0.15, -0.1) is 0 Å². The van der Waals surface area contributed by atoms with Crippen LogP contribution in [-0.4, -0.2) is 46.2 Å². The Morgan fingerprint density at radius 2 is 1.15 bits per heavy atom. The molecule has 0 heterocycles. The van der Waals surface area contributed by atoms with Crippen LogP contribution in [0.4, 0.5) is 0 Å². The molecule has 0 atom stereocenters. The molecule has 5 nitrogen and oxygen atoms in total. The number of hydrogen-bond donors (Lipinski definition) is 0. The largest absolute Gasteiger partial charge is 0.499 e. The highest BCUT2D eigenvalue weighted by Crippen LogP contribution is 2.24. The van der Waals surface area contributed by atoms with E-state index in [2.05, 4.69) is 18.7 Å². The van der Waals surface area contributed by atoms with Crippen LogP contribution in [0.3, 0.4) is 0 Å². The molecule has 2 aromatic rings. The van der Waals surface area contributed by atoms with Gasteiger partial charge in [0.2, 0.25) is 0 Å². The maximum Gasteiger partial charge on any atom is 0.119 e. The minimum Gasteiger partial charge on any atom is -0.499 e. The summed E-state index contributed by atoms with van der Waals surface area (Å²) in [6.45, 7) is 9.26. The van der Waals surface area contributed by atoms with Crippen molar-refractivity contribution in [2.45, 2.75) is 6.92 Å². The predicted octanol–water partition coefficient (Wildman–Crippen LogP) is 4.32. The molecule has 5 heteroatoms. The topological polar surface area (TPSA) is 46.2 Å². The summed E-state index contributed by atoms with van der Waals surface area (Å²) >= 11 is 0. The number of rotatable bonds is 14. The van der Waals surface area contributed by atoms with Crippen LogP contribution in [0.2, 0.25) is 0 Å². The summed E-state index contributed by atoms with van der Waals surface area (Å²) in [6.07, 6.45) is 1.40. The zero-order valence-corrected chi connectivity index (χ0v) is 15.9. The fourth-order valence-corrected chi connectivity index (χ4v) is 2.38. The molecule has 0 aliphatic carbocycles. The van der Waals surface area contributed by atoms with Gasteiger partial charge in [-0.25, -0.2) is 0 Å². The van der Waals surface area contributed by atoms with Crippen LogP contribution < -0.4 is 9.47 Å². The molecule has 0 fully saturated rings. The number of hydrogen-bond acceptors (Lipinski definition) is 5. The maximum atomic E-state index is 5.69. The molecule has 0 bridgehead atoms. The summed E-state index contributed by atoms with van der Waals surface area (Å²) in [6, 6.07) is 16.1. The third kappa shape index (κ3) is 8.15. The van der Waals surface area contributed by atoms with Gasteiger partial charge in [0.05, 0.1) is 39.3 Å². The fraction of sp³-hybridized carbons (Fsp3) is 0.364. The average molecular weight is 372 g/mol. The van der Waals surface area contributed by atoms with Gasteiger partial charge in [-0.1, -0.05) is 30.8 Å². The van der Waals surface area contributed by atoms with Gasteiger partial charge in [0.25, 0.3) is 0 Å². The van der Waals surface area contributed by atoms with Crippen LogP contribution in [0.5, 0.6) is 11.5 Å². The van der Waals surface area contributed by atoms with Crippen LogP contribution in [0.15, 0.2) is 61.4 Å². The molecule has 0 aliphatic rings. The Kier molecular flexibility index (Phi) is 9.86. The van der Waals surface area contributed by atoms with Crippen LogP contribution >= 0.6 is 0 Å². The Morgan fingerprint density at radius 3 is 1.67 bits per heavy atom. The lowest BCUT2D eigenvalue weighted by atomic mass is 10.1. The zero-order valence-electron chi connectivity index (χ0n) is 15.9. The molecular formula is C22H28O5. The van der Waals surface area contributed by atoms with Crippen molar-refractivity contribution in [2.75, 3.05) is 46.2 Å². The molecule has 0 aliphatic heterocycles. The summed E-state index contributed by atoms with van der Waals surface area (Å²) in [5.41, 5.74) is 2.28. The quantitative estimate of drug-likeness (QED) is 0.365. The molecule has 2 aromatic carbocycles. The minimum atomic E-state index is 0.502. The first-order valence-corrected chi connectivity index (χ1v) is 9.17. The molecule has 146 valence electrons. The molecule has 27 heavy (non-hydrogen) atoms. The Morgan fingerprint density at radius 1 is 0.667 bits per heavy atom. The monoisotopic (exact) mass is 372 g/mol. The van der Waals surface area contributed by atoms with Crippen molar-refractivity contribution < 1.29 is 23.7 Å². The Hall–Kier alpha value is -2.50. The van der Waals surface area contributed by atoms with Crippen LogP contribution in [-0.2, 0) is 14.2 Å². The van der Waals surface area contributed by atoms with Gasteiger partial charge in [0, 0.05) is 0 Å². The fourth-order valence-electron chi connectivity index (χ4n) is 2.38. The van der Waals surface area contributed by atoms with E-state index in [4.69, 9.17) is 23.7 Å². The smallest absolute Gasteiger partial charge is 0.119 e. The van der Waals surface area contributed by atoms with Gasteiger partial charge >= 0.3 is 0 Å². The first-order chi connectivity index (χ1) is 13.3. The lowest BCUT2D eigenvalue weighted by molar-refractivity contribution is 0.0227. The second-order valence-corrected chi connectivity index (χ2v) is 5.59. The van der Waals surface area contributed by atoms with Crippen LogP contribution in [0.25, 0.3) is 11.1 Å². The third-order valence-electron chi connectivity index (χ3n) is 3.68. The zero-order chi connectivity index (χ0) is 19.2. The van der Waals surface area contributed by atoms with Crippen molar-refractivity contribution in [1.82, 2.24) is 0 Å². The first-order valence-electron chi connectivity index (χ1n) is 9.17. The average Bonchev–Trinajstić information content (AvgIpc) is 2.71. The third-order valence-corrected chi connectivity index (χ3v) is 3.68. The standard InChI is InChI=1S/C22H28O5/c1-3-23-13-14-24-15-16-25-17-18-27-22-11-7-20(8-12-22)19-5-9-21(10-6-19)26-4-2/h3,5-12H,1,4,13-18H2,2H3. The first kappa shape index (κ1) is 20.8. The molecule has 0 N–H and O–H groups in total. The maximum absolute atomic E-state index is 5.69. The highest BCUT2D eigenvalue weighted by Gasteiger charge is 2.00.